The Bertz CT molecular complexity index is 208. The molecular weight excluding hydrogens is 154 g/mol. The van der Waals surface area contributed by atoms with Gasteiger partial charge in [-0.15, -0.1) is 10.2 Å². The average Bonchev–Trinajstić information content (AvgIpc) is 2.62. The Morgan fingerprint density at radius 3 is 2.08 bits per heavy atom. The predicted octanol–water partition coefficient (Wildman–Crippen LogP) is 0.786. The second kappa shape index (κ2) is 3.67. The fourth-order valence-corrected chi connectivity index (χ4v) is 1.37. The highest BCUT2D eigenvalue weighted by Crippen LogP contribution is 2.23. The van der Waals surface area contributed by atoms with Gasteiger partial charge in [-0.2, -0.15) is 0 Å². The third-order valence-corrected chi connectivity index (χ3v) is 2.58. The van der Waals surface area contributed by atoms with Gasteiger partial charge in [0.15, 0.2) is 0 Å². The fraction of sp³-hybridized carbons (Fsp3) is 0.750. The van der Waals surface area contributed by atoms with Crippen LogP contribution in [0.5, 0.6) is 0 Å². The zero-order valence-electron chi connectivity index (χ0n) is 7.56. The fourth-order valence-electron chi connectivity index (χ4n) is 1.37. The highest BCUT2D eigenvalue weighted by Gasteiger charge is 2.26. The first kappa shape index (κ1) is 9.19. The van der Waals surface area contributed by atoms with E-state index in [1.165, 1.54) is 0 Å². The molecule has 4 nitrogen and oxygen atoms in total. The van der Waals surface area contributed by atoms with Gasteiger partial charge in [-0.05, 0) is 12.8 Å². The van der Waals surface area contributed by atoms with E-state index in [1.54, 1.807) is 12.7 Å². The summed E-state index contributed by atoms with van der Waals surface area (Å²) in [6, 6.07) is 0. The molecule has 0 aliphatic heterocycles. The van der Waals surface area contributed by atoms with E-state index in [2.05, 4.69) is 24.0 Å². The van der Waals surface area contributed by atoms with Crippen molar-refractivity contribution in [2.45, 2.75) is 32.2 Å². The van der Waals surface area contributed by atoms with Gasteiger partial charge < -0.3 is 9.67 Å². The first-order chi connectivity index (χ1) is 5.79. The molecule has 0 atom stereocenters. The van der Waals surface area contributed by atoms with Crippen LogP contribution in [0.15, 0.2) is 12.7 Å². The van der Waals surface area contributed by atoms with Gasteiger partial charge in [0.05, 0.1) is 12.1 Å². The minimum atomic E-state index is -0.205. The normalized spacial score (nSPS) is 11.9. The van der Waals surface area contributed by atoms with Crippen molar-refractivity contribution in [2.75, 3.05) is 6.61 Å². The van der Waals surface area contributed by atoms with E-state index >= 15 is 0 Å². The van der Waals surface area contributed by atoms with E-state index < -0.39 is 0 Å². The number of hydrogen-bond acceptors (Lipinski definition) is 3. The van der Waals surface area contributed by atoms with Crippen LogP contribution in [-0.4, -0.2) is 26.5 Å². The molecule has 1 rings (SSSR count). The Morgan fingerprint density at radius 1 is 1.25 bits per heavy atom. The van der Waals surface area contributed by atoms with Crippen LogP contribution in [0.1, 0.15) is 26.7 Å². The van der Waals surface area contributed by atoms with E-state index in [0.29, 0.717) is 0 Å². The zero-order valence-corrected chi connectivity index (χ0v) is 7.56. The van der Waals surface area contributed by atoms with E-state index in [9.17, 15) is 5.11 Å². The first-order valence-corrected chi connectivity index (χ1v) is 4.25. The van der Waals surface area contributed by atoms with Crippen molar-refractivity contribution < 1.29 is 5.11 Å². The first-order valence-electron chi connectivity index (χ1n) is 4.25. The molecule has 12 heavy (non-hydrogen) atoms. The summed E-state index contributed by atoms with van der Waals surface area (Å²) in [6.07, 6.45) is 5.09. The van der Waals surface area contributed by atoms with E-state index in [1.807, 2.05) is 4.57 Å². The Hall–Kier alpha value is -0.900. The lowest BCUT2D eigenvalue weighted by atomic mass is 9.94. The van der Waals surface area contributed by atoms with Crippen LogP contribution < -0.4 is 0 Å². The maximum Gasteiger partial charge on any atom is 0.119 e. The van der Waals surface area contributed by atoms with E-state index in [0.717, 1.165) is 12.8 Å². The highest BCUT2D eigenvalue weighted by molar-refractivity contribution is 4.85. The van der Waals surface area contributed by atoms with Gasteiger partial charge in [0.1, 0.15) is 12.7 Å². The lowest BCUT2D eigenvalue weighted by Crippen LogP contribution is -2.35. The van der Waals surface area contributed by atoms with Crippen LogP contribution in [-0.2, 0) is 5.54 Å². The standard InChI is InChI=1S/C8H15N3O/c1-3-8(4-2,5-12)11-6-9-10-7-11/h6-7,12H,3-5H2,1-2H3. The monoisotopic (exact) mass is 169 g/mol. The van der Waals surface area contributed by atoms with Crippen LogP contribution in [0.4, 0.5) is 0 Å². The van der Waals surface area contributed by atoms with Gasteiger partial charge in [0.25, 0.3) is 0 Å². The van der Waals surface area contributed by atoms with Gasteiger partial charge in [-0.1, -0.05) is 13.8 Å². The molecule has 0 radical (unpaired) electrons. The molecule has 68 valence electrons. The van der Waals surface area contributed by atoms with Crippen molar-refractivity contribution in [3.63, 3.8) is 0 Å². The largest absolute Gasteiger partial charge is 0.394 e. The van der Waals surface area contributed by atoms with Gasteiger partial charge in [0, 0.05) is 0 Å². The Labute approximate surface area is 72.2 Å². The third-order valence-electron chi connectivity index (χ3n) is 2.58. The average molecular weight is 169 g/mol. The molecule has 1 heterocycles. The van der Waals surface area contributed by atoms with Gasteiger partial charge in [-0.3, -0.25) is 0 Å². The quantitative estimate of drug-likeness (QED) is 0.724. The van der Waals surface area contributed by atoms with Crippen molar-refractivity contribution in [3.8, 4) is 0 Å². The summed E-state index contributed by atoms with van der Waals surface area (Å²) < 4.78 is 1.88. The minimum Gasteiger partial charge on any atom is -0.394 e. The third kappa shape index (κ3) is 1.34. The molecule has 1 aromatic heterocycles. The molecule has 0 fully saturated rings. The molecule has 0 saturated heterocycles. The van der Waals surface area contributed by atoms with Gasteiger partial charge >= 0.3 is 0 Å². The maximum atomic E-state index is 9.27. The number of nitrogens with zero attached hydrogens (tertiary/aromatic N) is 3. The summed E-state index contributed by atoms with van der Waals surface area (Å²) in [4.78, 5) is 0. The summed E-state index contributed by atoms with van der Waals surface area (Å²) in [6.45, 7) is 4.25. The molecule has 0 amide bonds. The lowest BCUT2D eigenvalue weighted by Gasteiger charge is -2.30. The molecule has 0 aliphatic carbocycles. The number of aliphatic hydroxyl groups is 1. The number of aromatic nitrogens is 3. The van der Waals surface area contributed by atoms with Crippen molar-refractivity contribution >= 4 is 0 Å². The molecule has 0 bridgehead atoms. The molecule has 1 N–H and O–H groups in total. The minimum absolute atomic E-state index is 0.137. The molecule has 0 unspecified atom stereocenters. The summed E-state index contributed by atoms with van der Waals surface area (Å²) in [7, 11) is 0. The molecule has 4 heteroatoms. The van der Waals surface area contributed by atoms with Crippen LogP contribution in [0, 0.1) is 0 Å². The second-order valence-electron chi connectivity index (χ2n) is 2.96. The van der Waals surface area contributed by atoms with Crippen molar-refractivity contribution in [3.05, 3.63) is 12.7 Å². The van der Waals surface area contributed by atoms with Gasteiger partial charge in [-0.25, -0.2) is 0 Å². The highest BCUT2D eigenvalue weighted by atomic mass is 16.3. The topological polar surface area (TPSA) is 50.9 Å². The van der Waals surface area contributed by atoms with Crippen LogP contribution in [0.3, 0.4) is 0 Å². The second-order valence-corrected chi connectivity index (χ2v) is 2.96. The van der Waals surface area contributed by atoms with Crippen LogP contribution in [0.2, 0.25) is 0 Å². The van der Waals surface area contributed by atoms with E-state index in [-0.39, 0.29) is 12.1 Å². The Balaban J connectivity index is 2.93. The number of rotatable bonds is 4. The summed E-state index contributed by atoms with van der Waals surface area (Å²) in [5.74, 6) is 0. The lowest BCUT2D eigenvalue weighted by molar-refractivity contribution is 0.121. The van der Waals surface area contributed by atoms with Crippen LogP contribution in [0.25, 0.3) is 0 Å². The summed E-state index contributed by atoms with van der Waals surface area (Å²) in [5.41, 5.74) is -0.205. The smallest absolute Gasteiger partial charge is 0.119 e. The van der Waals surface area contributed by atoms with Gasteiger partial charge in [0.2, 0.25) is 0 Å². The van der Waals surface area contributed by atoms with Crippen molar-refractivity contribution in [1.29, 1.82) is 0 Å². The number of aliphatic hydroxyl groups excluding tert-OH is 1. The molecule has 0 aromatic carbocycles. The maximum absolute atomic E-state index is 9.27. The Kier molecular flexibility index (Phi) is 2.81. The zero-order chi connectivity index (χ0) is 9.03. The summed E-state index contributed by atoms with van der Waals surface area (Å²) >= 11 is 0. The van der Waals surface area contributed by atoms with Crippen molar-refractivity contribution in [1.82, 2.24) is 14.8 Å². The van der Waals surface area contributed by atoms with Crippen molar-refractivity contribution in [2.24, 2.45) is 0 Å². The number of hydrogen-bond donors (Lipinski definition) is 1. The predicted molar refractivity (Wildman–Crippen MR) is 45.7 cm³/mol. The summed E-state index contributed by atoms with van der Waals surface area (Å²) in [5, 5.41) is 16.7. The molecule has 1 aromatic rings. The molecule has 0 aliphatic rings. The Morgan fingerprint density at radius 2 is 1.75 bits per heavy atom. The molecule has 0 spiro atoms. The van der Waals surface area contributed by atoms with E-state index in [4.69, 9.17) is 0 Å². The SMILES string of the molecule is CCC(CC)(CO)n1cnnc1. The molecular formula is C8H15N3O. The molecule has 0 saturated carbocycles. The van der Waals surface area contributed by atoms with Crippen LogP contribution >= 0.6 is 0 Å².